The molecule has 0 saturated carbocycles. The Morgan fingerprint density at radius 2 is 1.74 bits per heavy atom. The van der Waals surface area contributed by atoms with Gasteiger partial charge < -0.3 is 0 Å². The highest BCUT2D eigenvalue weighted by Crippen LogP contribution is 2.45. The smallest absolute Gasteiger partial charge is 0.296 e. The van der Waals surface area contributed by atoms with Crippen molar-refractivity contribution in [3.05, 3.63) is 87.9 Å². The number of rotatable bonds is 4. The number of sulfonamides is 1. The number of aryl methyl sites for hydroxylation is 1. The van der Waals surface area contributed by atoms with Crippen molar-refractivity contribution in [2.45, 2.75) is 38.3 Å². The van der Waals surface area contributed by atoms with Crippen LogP contribution in [-0.2, 0) is 22.6 Å². The minimum Gasteiger partial charge on any atom is -0.296 e. The van der Waals surface area contributed by atoms with E-state index in [0.717, 1.165) is 17.7 Å². The molecular weight excluding hydrogens is 519 g/mol. The van der Waals surface area contributed by atoms with Crippen LogP contribution in [-0.4, -0.2) is 25.1 Å². The van der Waals surface area contributed by atoms with Crippen molar-refractivity contribution in [1.82, 2.24) is 10.1 Å². The number of nitrogens with one attached hydrogen (secondary N) is 1. The summed E-state index contributed by atoms with van der Waals surface area (Å²) in [7, 11) is -4.09. The number of alkyl halides is 3. The standard InChI is InChI=1S/C27H24F3N3O4S/c1-16-13-20(11-12-21(16)24-31-25(34)37-32-24)38(35,36)33-15-26(2,3)14-18-5-4-6-22(23(18)33)17-7-9-19(10-8-17)27(28,29)30/h4-13H,14-15H2,1-3H3,(H,31,32,34). The summed E-state index contributed by atoms with van der Waals surface area (Å²) in [4.78, 5) is 13.9. The normalized spacial score (nSPS) is 15.4. The van der Waals surface area contributed by atoms with Gasteiger partial charge in [-0.15, -0.1) is 0 Å². The zero-order valence-corrected chi connectivity index (χ0v) is 21.6. The molecule has 0 amide bonds. The molecule has 0 unspecified atom stereocenters. The summed E-state index contributed by atoms with van der Waals surface area (Å²) in [5.74, 6) is -0.537. The van der Waals surface area contributed by atoms with E-state index in [1.165, 1.54) is 28.6 Å². The largest absolute Gasteiger partial charge is 0.439 e. The summed E-state index contributed by atoms with van der Waals surface area (Å²) in [6.45, 7) is 5.82. The maximum Gasteiger partial charge on any atom is 0.439 e. The number of halogens is 3. The first-order chi connectivity index (χ1) is 17.8. The number of aromatic nitrogens is 2. The Bertz CT molecular complexity index is 1690. The van der Waals surface area contributed by atoms with Gasteiger partial charge in [0, 0.05) is 17.7 Å². The maximum atomic E-state index is 14.1. The fourth-order valence-corrected chi connectivity index (χ4v) is 6.68. The second-order valence-corrected chi connectivity index (χ2v) is 12.0. The van der Waals surface area contributed by atoms with E-state index >= 15 is 0 Å². The lowest BCUT2D eigenvalue weighted by Crippen LogP contribution is -2.44. The van der Waals surface area contributed by atoms with Crippen molar-refractivity contribution in [1.29, 1.82) is 0 Å². The molecule has 1 aliphatic rings. The van der Waals surface area contributed by atoms with Crippen LogP contribution in [0.25, 0.3) is 22.5 Å². The molecule has 11 heteroatoms. The molecule has 0 fully saturated rings. The van der Waals surface area contributed by atoms with Gasteiger partial charge in [-0.2, -0.15) is 13.2 Å². The molecule has 0 atom stereocenters. The van der Waals surface area contributed by atoms with Crippen LogP contribution in [0.2, 0.25) is 0 Å². The molecule has 1 N–H and O–H groups in total. The van der Waals surface area contributed by atoms with Crippen LogP contribution >= 0.6 is 0 Å². The van der Waals surface area contributed by atoms with Crippen LogP contribution in [0.5, 0.6) is 0 Å². The predicted octanol–water partition coefficient (Wildman–Crippen LogP) is 5.80. The van der Waals surface area contributed by atoms with Crippen LogP contribution in [0.15, 0.2) is 74.9 Å². The van der Waals surface area contributed by atoms with Crippen LogP contribution < -0.4 is 10.1 Å². The van der Waals surface area contributed by atoms with Gasteiger partial charge in [0.1, 0.15) is 0 Å². The van der Waals surface area contributed by atoms with E-state index in [1.54, 1.807) is 25.1 Å². The first-order valence-corrected chi connectivity index (χ1v) is 13.2. The fraction of sp³-hybridized carbons (Fsp3) is 0.259. The molecule has 7 nitrogen and oxygen atoms in total. The minimum absolute atomic E-state index is 0.0375. The highest BCUT2D eigenvalue weighted by Gasteiger charge is 2.39. The fourth-order valence-electron chi connectivity index (χ4n) is 4.88. The lowest BCUT2D eigenvalue weighted by atomic mass is 9.80. The average Bonchev–Trinajstić information content (AvgIpc) is 3.27. The molecule has 5 rings (SSSR count). The summed E-state index contributed by atoms with van der Waals surface area (Å²) in [5.41, 5.74) is 2.15. The number of fused-ring (bicyclic) bond motifs is 1. The number of aromatic amines is 1. The molecule has 38 heavy (non-hydrogen) atoms. The summed E-state index contributed by atoms with van der Waals surface area (Å²) in [6.07, 6.45) is -3.88. The first-order valence-electron chi connectivity index (χ1n) is 11.8. The molecule has 3 aromatic carbocycles. The molecule has 2 heterocycles. The Morgan fingerprint density at radius 1 is 1.03 bits per heavy atom. The highest BCUT2D eigenvalue weighted by atomic mass is 32.2. The van der Waals surface area contributed by atoms with Gasteiger partial charge in [0.25, 0.3) is 10.0 Å². The summed E-state index contributed by atoms with van der Waals surface area (Å²) < 4.78 is 73.5. The van der Waals surface area contributed by atoms with Crippen LogP contribution in [0, 0.1) is 12.3 Å². The summed E-state index contributed by atoms with van der Waals surface area (Å²) >= 11 is 0. The monoisotopic (exact) mass is 543 g/mol. The quantitative estimate of drug-likeness (QED) is 0.351. The van der Waals surface area contributed by atoms with E-state index in [2.05, 4.69) is 14.7 Å². The summed E-state index contributed by atoms with van der Waals surface area (Å²) in [6, 6.07) is 14.6. The number of anilines is 1. The van der Waals surface area contributed by atoms with E-state index in [9.17, 15) is 26.4 Å². The molecular formula is C27H24F3N3O4S. The molecule has 0 spiro atoms. The molecule has 1 aliphatic heterocycles. The average molecular weight is 544 g/mol. The number of nitrogens with zero attached hydrogens (tertiary/aromatic N) is 2. The number of para-hydroxylation sites is 1. The Labute approximate surface area is 217 Å². The van der Waals surface area contributed by atoms with Crippen LogP contribution in [0.3, 0.4) is 0 Å². The van der Waals surface area contributed by atoms with Gasteiger partial charge in [0.15, 0.2) is 5.82 Å². The van der Waals surface area contributed by atoms with Crippen molar-refractivity contribution >= 4 is 15.7 Å². The highest BCUT2D eigenvalue weighted by molar-refractivity contribution is 7.92. The van der Waals surface area contributed by atoms with E-state index in [0.29, 0.717) is 34.4 Å². The van der Waals surface area contributed by atoms with Gasteiger partial charge >= 0.3 is 11.9 Å². The van der Waals surface area contributed by atoms with Gasteiger partial charge in [-0.05, 0) is 65.8 Å². The first kappa shape index (κ1) is 25.8. The van der Waals surface area contributed by atoms with Crippen LogP contribution in [0.4, 0.5) is 18.9 Å². The zero-order chi connectivity index (χ0) is 27.5. The van der Waals surface area contributed by atoms with Gasteiger partial charge in [0.2, 0.25) is 0 Å². The van der Waals surface area contributed by atoms with Crippen molar-refractivity contribution in [3.63, 3.8) is 0 Å². The summed E-state index contributed by atoms with van der Waals surface area (Å²) in [5, 5.41) is 3.67. The number of H-pyrrole nitrogens is 1. The van der Waals surface area contributed by atoms with Gasteiger partial charge in [-0.1, -0.05) is 49.3 Å². The predicted molar refractivity (Wildman–Crippen MR) is 136 cm³/mol. The minimum atomic E-state index is -4.48. The SMILES string of the molecule is Cc1cc(S(=O)(=O)N2CC(C)(C)Cc3cccc(-c4ccc(C(F)(F)F)cc4)c32)ccc1-c1noc(=O)[nH]1. The van der Waals surface area contributed by atoms with Crippen molar-refractivity contribution in [3.8, 4) is 22.5 Å². The Kier molecular flexibility index (Phi) is 6.01. The van der Waals surface area contributed by atoms with Crippen molar-refractivity contribution in [2.75, 3.05) is 10.8 Å². The molecule has 4 aromatic rings. The second-order valence-electron chi connectivity index (χ2n) is 10.2. The third-order valence-electron chi connectivity index (χ3n) is 6.61. The number of benzene rings is 3. The lowest BCUT2D eigenvalue weighted by molar-refractivity contribution is -0.137. The molecule has 0 saturated heterocycles. The van der Waals surface area contributed by atoms with Gasteiger partial charge in [-0.25, -0.2) is 13.2 Å². The van der Waals surface area contributed by atoms with Crippen LogP contribution in [0.1, 0.15) is 30.5 Å². The lowest BCUT2D eigenvalue weighted by Gasteiger charge is -2.41. The second kappa shape index (κ2) is 8.87. The molecule has 198 valence electrons. The number of hydrogen-bond acceptors (Lipinski definition) is 5. The topological polar surface area (TPSA) is 96.3 Å². The van der Waals surface area contributed by atoms with Gasteiger partial charge in [-0.3, -0.25) is 13.8 Å². The molecule has 0 aliphatic carbocycles. The van der Waals surface area contributed by atoms with E-state index in [4.69, 9.17) is 0 Å². The molecule has 0 bridgehead atoms. The Hall–Kier alpha value is -3.86. The van der Waals surface area contributed by atoms with E-state index < -0.39 is 32.9 Å². The van der Waals surface area contributed by atoms with Crippen molar-refractivity contribution < 1.29 is 26.1 Å². The molecule has 0 radical (unpaired) electrons. The zero-order valence-electron chi connectivity index (χ0n) is 20.8. The van der Waals surface area contributed by atoms with Gasteiger partial charge in [0.05, 0.1) is 16.1 Å². The van der Waals surface area contributed by atoms with Crippen molar-refractivity contribution in [2.24, 2.45) is 5.41 Å². The van der Waals surface area contributed by atoms with E-state index in [-0.39, 0.29) is 17.3 Å². The third-order valence-corrected chi connectivity index (χ3v) is 8.36. The van der Waals surface area contributed by atoms with E-state index in [1.807, 2.05) is 19.9 Å². The Morgan fingerprint density at radius 3 is 2.34 bits per heavy atom. The third kappa shape index (κ3) is 4.62. The maximum absolute atomic E-state index is 14.1. The Balaban J connectivity index is 1.63. The number of hydrogen-bond donors (Lipinski definition) is 1. The molecule has 1 aromatic heterocycles.